The van der Waals surface area contributed by atoms with E-state index in [1.54, 1.807) is 19.2 Å². The normalized spacial score (nSPS) is 10.7. The third-order valence-corrected chi connectivity index (χ3v) is 3.41. The molecule has 0 aliphatic rings. The van der Waals surface area contributed by atoms with Crippen molar-refractivity contribution in [3.8, 4) is 0 Å². The monoisotopic (exact) mass is 290 g/mol. The lowest BCUT2D eigenvalue weighted by Gasteiger charge is -2.23. The Balaban J connectivity index is 2.31. The van der Waals surface area contributed by atoms with Crippen molar-refractivity contribution in [3.63, 3.8) is 0 Å². The molecule has 1 aromatic heterocycles. The molecule has 0 fully saturated rings. The maximum atomic E-state index is 9.45. The Morgan fingerprint density at radius 2 is 2.00 bits per heavy atom. The molecule has 21 heavy (non-hydrogen) atoms. The maximum Gasteiger partial charge on any atom is 0.488 e. The molecule has 1 aromatic carbocycles. The molecular formula is C14H19BN2O4. The van der Waals surface area contributed by atoms with Crippen LogP contribution in [0.4, 0.5) is 5.82 Å². The summed E-state index contributed by atoms with van der Waals surface area (Å²) in [5.41, 5.74) is 2.20. The number of hydrogen-bond donors (Lipinski definition) is 2. The van der Waals surface area contributed by atoms with Gasteiger partial charge in [0.1, 0.15) is 12.5 Å². The first-order chi connectivity index (χ1) is 10.0. The summed E-state index contributed by atoms with van der Waals surface area (Å²) in [6.07, 6.45) is 0. The Labute approximate surface area is 124 Å². The number of aromatic nitrogens is 1. The number of benzene rings is 1. The van der Waals surface area contributed by atoms with Gasteiger partial charge in [-0.05, 0) is 24.9 Å². The zero-order valence-electron chi connectivity index (χ0n) is 12.4. The fourth-order valence-corrected chi connectivity index (χ4v) is 2.17. The fourth-order valence-electron chi connectivity index (χ4n) is 2.17. The predicted octanol–water partition coefficient (Wildman–Crippen LogP) is 0.582. The molecule has 7 heteroatoms. The SMILES string of the molecule is COCN(Cc1ccccc1B(O)O)c1noc(C)c1C. The molecule has 0 bridgehead atoms. The summed E-state index contributed by atoms with van der Waals surface area (Å²) in [5, 5.41) is 22.9. The fraction of sp³-hybridized carbons (Fsp3) is 0.357. The van der Waals surface area contributed by atoms with E-state index in [0.717, 1.165) is 16.9 Å². The van der Waals surface area contributed by atoms with Gasteiger partial charge < -0.3 is 24.2 Å². The molecule has 0 aliphatic carbocycles. The average Bonchev–Trinajstić information content (AvgIpc) is 2.79. The van der Waals surface area contributed by atoms with Crippen LogP contribution in [0.2, 0.25) is 0 Å². The summed E-state index contributed by atoms with van der Waals surface area (Å²) in [6, 6.07) is 7.16. The van der Waals surface area contributed by atoms with E-state index < -0.39 is 7.12 Å². The van der Waals surface area contributed by atoms with Gasteiger partial charge in [0.2, 0.25) is 0 Å². The van der Waals surface area contributed by atoms with Crippen LogP contribution < -0.4 is 10.4 Å². The molecule has 2 aromatic rings. The van der Waals surface area contributed by atoms with E-state index in [1.165, 1.54) is 0 Å². The molecule has 112 valence electrons. The van der Waals surface area contributed by atoms with Crippen molar-refractivity contribution in [1.82, 2.24) is 5.16 Å². The Kier molecular flexibility index (Phi) is 5.00. The Hall–Kier alpha value is -1.83. The molecule has 0 radical (unpaired) electrons. The molecule has 2 N–H and O–H groups in total. The Morgan fingerprint density at radius 1 is 1.29 bits per heavy atom. The minimum Gasteiger partial charge on any atom is -0.423 e. The first-order valence-electron chi connectivity index (χ1n) is 6.65. The first kappa shape index (κ1) is 15.6. The molecular weight excluding hydrogens is 271 g/mol. The molecule has 0 aliphatic heterocycles. The van der Waals surface area contributed by atoms with Crippen LogP contribution in [-0.4, -0.2) is 36.2 Å². The predicted molar refractivity (Wildman–Crippen MR) is 80.3 cm³/mol. The van der Waals surface area contributed by atoms with Crippen LogP contribution >= 0.6 is 0 Å². The van der Waals surface area contributed by atoms with Crippen LogP contribution in [0, 0.1) is 13.8 Å². The second-order valence-electron chi connectivity index (χ2n) is 4.88. The summed E-state index contributed by atoms with van der Waals surface area (Å²) < 4.78 is 10.4. The van der Waals surface area contributed by atoms with E-state index in [4.69, 9.17) is 9.26 Å². The average molecular weight is 290 g/mol. The second-order valence-corrected chi connectivity index (χ2v) is 4.88. The molecule has 2 rings (SSSR count). The third-order valence-electron chi connectivity index (χ3n) is 3.41. The van der Waals surface area contributed by atoms with Gasteiger partial charge in [-0.2, -0.15) is 0 Å². The molecule has 6 nitrogen and oxygen atoms in total. The van der Waals surface area contributed by atoms with Gasteiger partial charge in [-0.25, -0.2) is 0 Å². The van der Waals surface area contributed by atoms with E-state index in [0.29, 0.717) is 24.6 Å². The van der Waals surface area contributed by atoms with Crippen LogP contribution in [0.5, 0.6) is 0 Å². The quantitative estimate of drug-likeness (QED) is 0.598. The number of ether oxygens (including phenoxy) is 1. The van der Waals surface area contributed by atoms with Gasteiger partial charge in [0, 0.05) is 19.2 Å². The van der Waals surface area contributed by atoms with Crippen molar-refractivity contribution < 1.29 is 19.3 Å². The number of aryl methyl sites for hydroxylation is 1. The van der Waals surface area contributed by atoms with E-state index in [9.17, 15) is 10.0 Å². The second kappa shape index (κ2) is 6.75. The van der Waals surface area contributed by atoms with Crippen molar-refractivity contribution in [2.45, 2.75) is 20.4 Å². The molecule has 0 saturated heterocycles. The highest BCUT2D eigenvalue weighted by Crippen LogP contribution is 2.22. The maximum absolute atomic E-state index is 9.45. The van der Waals surface area contributed by atoms with E-state index in [-0.39, 0.29) is 0 Å². The first-order valence-corrected chi connectivity index (χ1v) is 6.65. The van der Waals surface area contributed by atoms with Crippen molar-refractivity contribution in [2.75, 3.05) is 18.7 Å². The van der Waals surface area contributed by atoms with Crippen molar-refractivity contribution in [1.29, 1.82) is 0 Å². The number of methoxy groups -OCH3 is 1. The van der Waals surface area contributed by atoms with Gasteiger partial charge in [-0.1, -0.05) is 29.4 Å². The van der Waals surface area contributed by atoms with Gasteiger partial charge in [0.05, 0.1) is 0 Å². The number of rotatable bonds is 6. The van der Waals surface area contributed by atoms with Gasteiger partial charge in [0.25, 0.3) is 0 Å². The third kappa shape index (κ3) is 3.44. The van der Waals surface area contributed by atoms with Crippen molar-refractivity contribution in [3.05, 3.63) is 41.2 Å². The standard InChI is InChI=1S/C14H19BN2O4/c1-10-11(2)21-16-14(10)17(9-20-3)8-12-6-4-5-7-13(12)15(18)19/h4-7,18-19H,8-9H2,1-3H3. The lowest BCUT2D eigenvalue weighted by atomic mass is 9.77. The van der Waals surface area contributed by atoms with E-state index >= 15 is 0 Å². The Bertz CT molecular complexity index is 600. The lowest BCUT2D eigenvalue weighted by Crippen LogP contribution is -2.36. The zero-order valence-corrected chi connectivity index (χ0v) is 12.4. The minimum atomic E-state index is -1.51. The van der Waals surface area contributed by atoms with Crippen LogP contribution in [0.25, 0.3) is 0 Å². The van der Waals surface area contributed by atoms with E-state index in [1.807, 2.05) is 30.9 Å². The van der Waals surface area contributed by atoms with Crippen LogP contribution in [0.15, 0.2) is 28.8 Å². The van der Waals surface area contributed by atoms with Gasteiger partial charge >= 0.3 is 7.12 Å². The van der Waals surface area contributed by atoms with E-state index in [2.05, 4.69) is 5.16 Å². The largest absolute Gasteiger partial charge is 0.488 e. The summed E-state index contributed by atoms with van der Waals surface area (Å²) in [6.45, 7) is 4.54. The highest BCUT2D eigenvalue weighted by Gasteiger charge is 2.20. The highest BCUT2D eigenvalue weighted by molar-refractivity contribution is 6.59. The van der Waals surface area contributed by atoms with Gasteiger partial charge in [-0.15, -0.1) is 0 Å². The molecule has 0 saturated carbocycles. The van der Waals surface area contributed by atoms with Crippen LogP contribution in [0.3, 0.4) is 0 Å². The smallest absolute Gasteiger partial charge is 0.423 e. The topological polar surface area (TPSA) is 79.0 Å². The number of nitrogens with zero attached hydrogens (tertiary/aromatic N) is 2. The molecule has 0 atom stereocenters. The molecule has 0 spiro atoms. The molecule has 0 amide bonds. The van der Waals surface area contributed by atoms with Gasteiger partial charge in [-0.3, -0.25) is 0 Å². The minimum absolute atomic E-state index is 0.322. The summed E-state index contributed by atoms with van der Waals surface area (Å²) in [4.78, 5) is 1.88. The Morgan fingerprint density at radius 3 is 2.57 bits per heavy atom. The molecule has 0 unspecified atom stereocenters. The number of anilines is 1. The van der Waals surface area contributed by atoms with Gasteiger partial charge in [0.15, 0.2) is 5.82 Å². The summed E-state index contributed by atoms with van der Waals surface area (Å²) in [5.74, 6) is 1.44. The summed E-state index contributed by atoms with van der Waals surface area (Å²) >= 11 is 0. The lowest BCUT2D eigenvalue weighted by molar-refractivity contribution is 0.194. The van der Waals surface area contributed by atoms with Crippen LogP contribution in [-0.2, 0) is 11.3 Å². The van der Waals surface area contributed by atoms with Crippen molar-refractivity contribution >= 4 is 18.4 Å². The van der Waals surface area contributed by atoms with Crippen molar-refractivity contribution in [2.24, 2.45) is 0 Å². The highest BCUT2D eigenvalue weighted by atomic mass is 16.5. The molecule has 1 heterocycles. The van der Waals surface area contributed by atoms with Crippen LogP contribution in [0.1, 0.15) is 16.9 Å². The zero-order chi connectivity index (χ0) is 15.4. The number of hydrogen-bond acceptors (Lipinski definition) is 6. The summed E-state index contributed by atoms with van der Waals surface area (Å²) in [7, 11) is 0.0907.